The SMILES string of the molecule is CCC(CC1CCOC1)N/C(=C/[N+](=O)[O-])NC. The van der Waals surface area contributed by atoms with Gasteiger partial charge in [0.2, 0.25) is 0 Å². The van der Waals surface area contributed by atoms with Gasteiger partial charge >= 0.3 is 0 Å². The fourth-order valence-corrected chi connectivity index (χ4v) is 2.00. The summed E-state index contributed by atoms with van der Waals surface area (Å²) in [6.07, 6.45) is 3.99. The van der Waals surface area contributed by atoms with E-state index in [0.717, 1.165) is 38.7 Å². The van der Waals surface area contributed by atoms with Crippen LogP contribution in [0.15, 0.2) is 12.0 Å². The molecular weight excluding hydrogens is 222 g/mol. The van der Waals surface area contributed by atoms with Crippen LogP contribution in [0.4, 0.5) is 0 Å². The topological polar surface area (TPSA) is 76.4 Å². The van der Waals surface area contributed by atoms with E-state index in [9.17, 15) is 10.1 Å². The van der Waals surface area contributed by atoms with E-state index in [2.05, 4.69) is 17.6 Å². The molecule has 0 aromatic rings. The quantitative estimate of drug-likeness (QED) is 0.517. The lowest BCUT2D eigenvalue weighted by Gasteiger charge is -2.21. The van der Waals surface area contributed by atoms with E-state index in [-0.39, 0.29) is 6.04 Å². The summed E-state index contributed by atoms with van der Waals surface area (Å²) in [5.41, 5.74) is 0. The zero-order chi connectivity index (χ0) is 12.7. The lowest BCUT2D eigenvalue weighted by molar-refractivity contribution is -0.404. The Kier molecular flexibility index (Phi) is 5.76. The van der Waals surface area contributed by atoms with Crippen molar-refractivity contribution >= 4 is 0 Å². The first kappa shape index (κ1) is 13.8. The van der Waals surface area contributed by atoms with Crippen molar-refractivity contribution in [1.29, 1.82) is 0 Å². The van der Waals surface area contributed by atoms with E-state index in [1.807, 2.05) is 0 Å². The first-order chi connectivity index (χ1) is 8.15. The highest BCUT2D eigenvalue weighted by molar-refractivity contribution is 4.93. The minimum Gasteiger partial charge on any atom is -0.381 e. The molecule has 2 atom stereocenters. The van der Waals surface area contributed by atoms with Crippen LogP contribution >= 0.6 is 0 Å². The zero-order valence-corrected chi connectivity index (χ0v) is 10.4. The second-order valence-electron chi connectivity index (χ2n) is 4.29. The van der Waals surface area contributed by atoms with Gasteiger partial charge < -0.3 is 15.4 Å². The summed E-state index contributed by atoms with van der Waals surface area (Å²) in [4.78, 5) is 9.96. The van der Waals surface area contributed by atoms with E-state index in [1.165, 1.54) is 0 Å². The van der Waals surface area contributed by atoms with Crippen LogP contribution in [0.25, 0.3) is 0 Å². The number of nitrogens with zero attached hydrogens (tertiary/aromatic N) is 1. The van der Waals surface area contributed by atoms with Crippen LogP contribution in [-0.4, -0.2) is 31.2 Å². The smallest absolute Gasteiger partial charge is 0.274 e. The molecule has 1 rings (SSSR count). The van der Waals surface area contributed by atoms with Gasteiger partial charge in [-0.2, -0.15) is 0 Å². The van der Waals surface area contributed by atoms with Gasteiger partial charge in [-0.15, -0.1) is 0 Å². The summed E-state index contributed by atoms with van der Waals surface area (Å²) in [6.45, 7) is 3.73. The molecule has 0 bridgehead atoms. The van der Waals surface area contributed by atoms with Crippen LogP contribution in [0, 0.1) is 16.0 Å². The van der Waals surface area contributed by atoms with Crippen molar-refractivity contribution in [2.45, 2.75) is 32.2 Å². The number of nitrogens with one attached hydrogen (secondary N) is 2. The van der Waals surface area contributed by atoms with E-state index in [0.29, 0.717) is 11.7 Å². The van der Waals surface area contributed by atoms with Crippen molar-refractivity contribution in [2.75, 3.05) is 20.3 Å². The molecule has 0 aromatic heterocycles. The van der Waals surface area contributed by atoms with Gasteiger partial charge in [0.25, 0.3) is 6.20 Å². The van der Waals surface area contributed by atoms with Gasteiger partial charge in [0.1, 0.15) is 0 Å². The molecule has 17 heavy (non-hydrogen) atoms. The fraction of sp³-hybridized carbons (Fsp3) is 0.818. The molecule has 0 aromatic carbocycles. The van der Waals surface area contributed by atoms with E-state index < -0.39 is 4.92 Å². The van der Waals surface area contributed by atoms with Crippen molar-refractivity contribution in [2.24, 2.45) is 5.92 Å². The van der Waals surface area contributed by atoms with Crippen molar-refractivity contribution in [3.05, 3.63) is 22.1 Å². The zero-order valence-electron chi connectivity index (χ0n) is 10.4. The standard InChI is InChI=1S/C11H21N3O3/c1-3-10(6-9-4-5-17-8-9)13-11(12-2)7-14(15)16/h7,9-10,12-13H,3-6,8H2,1-2H3/b11-7+. The Morgan fingerprint density at radius 1 is 1.71 bits per heavy atom. The highest BCUT2D eigenvalue weighted by atomic mass is 16.6. The second-order valence-corrected chi connectivity index (χ2v) is 4.29. The predicted molar refractivity (Wildman–Crippen MR) is 64.9 cm³/mol. The Morgan fingerprint density at radius 3 is 2.94 bits per heavy atom. The molecule has 1 fully saturated rings. The maximum atomic E-state index is 10.4. The predicted octanol–water partition coefficient (Wildman–Crippen LogP) is 1.08. The summed E-state index contributed by atoms with van der Waals surface area (Å²) in [7, 11) is 1.67. The largest absolute Gasteiger partial charge is 0.381 e. The van der Waals surface area contributed by atoms with Crippen LogP contribution in [0.3, 0.4) is 0 Å². The molecule has 1 aliphatic heterocycles. The summed E-state index contributed by atoms with van der Waals surface area (Å²) >= 11 is 0. The normalized spacial score (nSPS) is 22.2. The third-order valence-corrected chi connectivity index (χ3v) is 3.00. The molecule has 6 nitrogen and oxygen atoms in total. The maximum absolute atomic E-state index is 10.4. The minimum atomic E-state index is -0.454. The number of nitro groups is 1. The van der Waals surface area contributed by atoms with Crippen molar-refractivity contribution in [3.63, 3.8) is 0 Å². The molecule has 0 saturated carbocycles. The number of rotatable bonds is 7. The Hall–Kier alpha value is -1.30. The van der Waals surface area contributed by atoms with Crippen LogP contribution in [0.5, 0.6) is 0 Å². The average Bonchev–Trinajstić information content (AvgIpc) is 2.79. The maximum Gasteiger partial charge on any atom is 0.274 e. The van der Waals surface area contributed by atoms with Crippen molar-refractivity contribution in [3.8, 4) is 0 Å². The minimum absolute atomic E-state index is 0.250. The summed E-state index contributed by atoms with van der Waals surface area (Å²) in [5.74, 6) is 1.03. The Labute approximate surface area is 102 Å². The monoisotopic (exact) mass is 243 g/mol. The Morgan fingerprint density at radius 2 is 2.47 bits per heavy atom. The molecule has 0 spiro atoms. The molecule has 2 N–H and O–H groups in total. The third kappa shape index (κ3) is 5.04. The lowest BCUT2D eigenvalue weighted by Crippen LogP contribution is -2.35. The molecule has 0 radical (unpaired) electrons. The highest BCUT2D eigenvalue weighted by Crippen LogP contribution is 2.19. The first-order valence-electron chi connectivity index (χ1n) is 6.03. The lowest BCUT2D eigenvalue weighted by atomic mass is 9.98. The van der Waals surface area contributed by atoms with Gasteiger partial charge in [-0.1, -0.05) is 6.92 Å². The summed E-state index contributed by atoms with van der Waals surface area (Å²) in [6, 6.07) is 0.250. The summed E-state index contributed by atoms with van der Waals surface area (Å²) < 4.78 is 5.33. The third-order valence-electron chi connectivity index (χ3n) is 3.00. The number of hydrogen-bond donors (Lipinski definition) is 2. The number of ether oxygens (including phenoxy) is 1. The molecule has 98 valence electrons. The molecule has 6 heteroatoms. The van der Waals surface area contributed by atoms with Crippen molar-refractivity contribution in [1.82, 2.24) is 10.6 Å². The van der Waals surface area contributed by atoms with Gasteiger partial charge in [0.05, 0.1) is 4.92 Å². The van der Waals surface area contributed by atoms with Crippen molar-refractivity contribution < 1.29 is 9.66 Å². The highest BCUT2D eigenvalue weighted by Gasteiger charge is 2.20. The average molecular weight is 243 g/mol. The van der Waals surface area contributed by atoms with Crippen LogP contribution in [0.1, 0.15) is 26.2 Å². The first-order valence-corrected chi connectivity index (χ1v) is 6.03. The number of hydrogen-bond acceptors (Lipinski definition) is 5. The van der Waals surface area contributed by atoms with Crippen LogP contribution < -0.4 is 10.6 Å². The van der Waals surface area contributed by atoms with E-state index in [1.54, 1.807) is 7.05 Å². The Balaban J connectivity index is 2.46. The molecule has 0 amide bonds. The molecule has 1 saturated heterocycles. The second kappa shape index (κ2) is 7.11. The van der Waals surface area contributed by atoms with Gasteiger partial charge in [-0.05, 0) is 25.2 Å². The van der Waals surface area contributed by atoms with Crippen LogP contribution in [-0.2, 0) is 4.74 Å². The molecule has 0 aliphatic carbocycles. The molecule has 1 heterocycles. The summed E-state index contributed by atoms with van der Waals surface area (Å²) in [5, 5.41) is 16.4. The van der Waals surface area contributed by atoms with Gasteiger partial charge in [0, 0.05) is 26.3 Å². The fourth-order valence-electron chi connectivity index (χ4n) is 2.00. The molecule has 2 unspecified atom stereocenters. The van der Waals surface area contributed by atoms with Crippen LogP contribution in [0.2, 0.25) is 0 Å². The van der Waals surface area contributed by atoms with E-state index >= 15 is 0 Å². The molecular formula is C11H21N3O3. The van der Waals surface area contributed by atoms with E-state index in [4.69, 9.17) is 4.74 Å². The van der Waals surface area contributed by atoms with Gasteiger partial charge in [-0.3, -0.25) is 10.1 Å². The van der Waals surface area contributed by atoms with Gasteiger partial charge in [0.15, 0.2) is 5.82 Å². The van der Waals surface area contributed by atoms with Gasteiger partial charge in [-0.25, -0.2) is 0 Å². The molecule has 1 aliphatic rings. The Bertz CT molecular complexity index is 275.